The molecule has 3 aromatic carbocycles. The molecule has 2 amide bonds. The monoisotopic (exact) mass is 488 g/mol. The number of nitrogens with zero attached hydrogens (tertiary/aromatic N) is 1. The summed E-state index contributed by atoms with van der Waals surface area (Å²) < 4.78 is 5.60. The summed E-state index contributed by atoms with van der Waals surface area (Å²) in [4.78, 5) is 39.2. The molecule has 1 N–H and O–H groups in total. The van der Waals surface area contributed by atoms with Gasteiger partial charge in [0.2, 0.25) is 0 Å². The van der Waals surface area contributed by atoms with Crippen LogP contribution in [0.25, 0.3) is 0 Å². The van der Waals surface area contributed by atoms with Gasteiger partial charge in [0.15, 0.2) is 0 Å². The largest absolute Gasteiger partial charge is 0.423 e. The van der Waals surface area contributed by atoms with E-state index in [9.17, 15) is 14.4 Å². The van der Waals surface area contributed by atoms with E-state index < -0.39 is 17.8 Å². The average molecular weight is 489 g/mol. The first-order valence-corrected chi connectivity index (χ1v) is 11.6. The third kappa shape index (κ3) is 5.28. The Morgan fingerprint density at radius 3 is 2.31 bits per heavy atom. The number of hydrogen-bond acceptors (Lipinski definition) is 5. The second-order valence-electron chi connectivity index (χ2n) is 8.48. The fourth-order valence-electron chi connectivity index (χ4n) is 3.84. The van der Waals surface area contributed by atoms with Gasteiger partial charge in [0.05, 0.1) is 5.56 Å². The van der Waals surface area contributed by atoms with Crippen LogP contribution in [0, 0.1) is 20.8 Å². The number of ether oxygens (including phenoxy) is 1. The molecule has 0 atom stereocenters. The second-order valence-corrected chi connectivity index (χ2v) is 8.86. The average Bonchev–Trinajstić information content (AvgIpc) is 3.04. The molecular weight excluding hydrogens is 464 g/mol. The topological polar surface area (TPSA) is 75.7 Å². The van der Waals surface area contributed by atoms with Gasteiger partial charge in [-0.1, -0.05) is 48.0 Å². The molecule has 178 valence electrons. The predicted molar refractivity (Wildman–Crippen MR) is 135 cm³/mol. The number of carbonyl (C=O) groups is 3. The zero-order chi connectivity index (χ0) is 25.1. The number of imide groups is 1. The molecular formula is C28H25ClN2O4. The zero-order valence-electron chi connectivity index (χ0n) is 19.7. The molecule has 0 unspecified atom stereocenters. The first-order chi connectivity index (χ1) is 16.7. The van der Waals surface area contributed by atoms with E-state index in [0.29, 0.717) is 23.4 Å². The Labute approximate surface area is 209 Å². The molecule has 0 radical (unpaired) electrons. The molecule has 0 saturated carbocycles. The van der Waals surface area contributed by atoms with E-state index >= 15 is 0 Å². The Balaban J connectivity index is 1.42. The van der Waals surface area contributed by atoms with E-state index in [1.807, 2.05) is 63.2 Å². The summed E-state index contributed by atoms with van der Waals surface area (Å²) in [6, 6.07) is 19.9. The molecule has 0 fully saturated rings. The molecule has 0 aliphatic carbocycles. The minimum Gasteiger partial charge on any atom is -0.423 e. The van der Waals surface area contributed by atoms with Gasteiger partial charge >= 0.3 is 5.97 Å². The first-order valence-electron chi connectivity index (χ1n) is 11.2. The fraction of sp³-hybridized carbons (Fsp3) is 0.179. The van der Waals surface area contributed by atoms with E-state index in [2.05, 4.69) is 5.32 Å². The van der Waals surface area contributed by atoms with E-state index in [-0.39, 0.29) is 17.3 Å². The zero-order valence-corrected chi connectivity index (χ0v) is 20.5. The van der Waals surface area contributed by atoms with Crippen molar-refractivity contribution in [2.75, 3.05) is 11.9 Å². The van der Waals surface area contributed by atoms with Crippen molar-refractivity contribution in [3.05, 3.63) is 105 Å². The first kappa shape index (κ1) is 24.2. The van der Waals surface area contributed by atoms with Crippen LogP contribution in [0.2, 0.25) is 0 Å². The SMILES string of the molecule is Cc1cc(C)c(C)c(OC(=O)c2ccc(NC3=C(Cl)C(=O)N(CCc4ccccc4)C3=O)cc2)c1. The highest BCUT2D eigenvalue weighted by atomic mass is 35.5. The number of hydrogen-bond donors (Lipinski definition) is 1. The molecule has 0 aromatic heterocycles. The van der Waals surface area contributed by atoms with E-state index in [0.717, 1.165) is 27.2 Å². The number of nitrogens with one attached hydrogen (secondary N) is 1. The van der Waals surface area contributed by atoms with Crippen molar-refractivity contribution in [1.82, 2.24) is 4.90 Å². The molecule has 1 aliphatic rings. The van der Waals surface area contributed by atoms with Crippen LogP contribution in [0.4, 0.5) is 5.69 Å². The van der Waals surface area contributed by atoms with Gasteiger partial charge in [-0.15, -0.1) is 0 Å². The second kappa shape index (κ2) is 10.2. The Morgan fingerprint density at radius 2 is 1.63 bits per heavy atom. The molecule has 0 bridgehead atoms. The molecule has 7 heteroatoms. The van der Waals surface area contributed by atoms with Gasteiger partial charge in [-0.05, 0) is 79.8 Å². The summed E-state index contributed by atoms with van der Waals surface area (Å²) in [5.74, 6) is -0.970. The maximum Gasteiger partial charge on any atom is 0.343 e. The number of benzene rings is 3. The Morgan fingerprint density at radius 1 is 0.943 bits per heavy atom. The Kier molecular flexibility index (Phi) is 7.03. The van der Waals surface area contributed by atoms with Crippen LogP contribution in [-0.2, 0) is 16.0 Å². The van der Waals surface area contributed by atoms with Crippen LogP contribution >= 0.6 is 11.6 Å². The van der Waals surface area contributed by atoms with Crippen molar-refractivity contribution in [3.63, 3.8) is 0 Å². The van der Waals surface area contributed by atoms with Gasteiger partial charge in [0, 0.05) is 12.2 Å². The van der Waals surface area contributed by atoms with Crippen molar-refractivity contribution in [3.8, 4) is 5.75 Å². The summed E-state index contributed by atoms with van der Waals surface area (Å²) in [5, 5.41) is 2.77. The minimum atomic E-state index is -0.529. The maximum absolute atomic E-state index is 12.8. The van der Waals surface area contributed by atoms with Gasteiger partial charge in [0.25, 0.3) is 11.8 Å². The third-order valence-electron chi connectivity index (χ3n) is 5.93. The molecule has 3 aromatic rings. The summed E-state index contributed by atoms with van der Waals surface area (Å²) in [6.45, 7) is 6.05. The summed E-state index contributed by atoms with van der Waals surface area (Å²) in [6.07, 6.45) is 0.534. The van der Waals surface area contributed by atoms with Gasteiger partial charge < -0.3 is 10.1 Å². The number of carbonyl (C=O) groups excluding carboxylic acids is 3. The van der Waals surface area contributed by atoms with Crippen molar-refractivity contribution < 1.29 is 19.1 Å². The number of halogens is 1. The minimum absolute atomic E-state index is 0.0194. The van der Waals surface area contributed by atoms with Crippen molar-refractivity contribution in [1.29, 1.82) is 0 Å². The highest BCUT2D eigenvalue weighted by Gasteiger charge is 2.37. The number of esters is 1. The molecule has 1 heterocycles. The number of rotatable bonds is 7. The Bertz CT molecular complexity index is 1330. The van der Waals surface area contributed by atoms with Crippen molar-refractivity contribution in [2.24, 2.45) is 0 Å². The van der Waals surface area contributed by atoms with Crippen LogP contribution in [-0.4, -0.2) is 29.2 Å². The Hall–Kier alpha value is -3.90. The summed E-state index contributed by atoms with van der Waals surface area (Å²) in [5.41, 5.74) is 4.87. The van der Waals surface area contributed by atoms with Gasteiger partial charge in [-0.25, -0.2) is 4.79 Å². The van der Waals surface area contributed by atoms with Crippen LogP contribution in [0.15, 0.2) is 77.5 Å². The number of anilines is 1. The number of amides is 2. The van der Waals surface area contributed by atoms with Crippen molar-refractivity contribution >= 4 is 35.1 Å². The quantitative estimate of drug-likeness (QED) is 0.277. The lowest BCUT2D eigenvalue weighted by molar-refractivity contribution is -0.137. The highest BCUT2D eigenvalue weighted by Crippen LogP contribution is 2.27. The molecule has 0 spiro atoms. The molecule has 35 heavy (non-hydrogen) atoms. The summed E-state index contributed by atoms with van der Waals surface area (Å²) >= 11 is 6.19. The van der Waals surface area contributed by atoms with E-state index in [4.69, 9.17) is 16.3 Å². The lowest BCUT2D eigenvalue weighted by Gasteiger charge is -2.15. The lowest BCUT2D eigenvalue weighted by Crippen LogP contribution is -2.34. The molecule has 1 aliphatic heterocycles. The van der Waals surface area contributed by atoms with Crippen molar-refractivity contribution in [2.45, 2.75) is 27.2 Å². The summed E-state index contributed by atoms with van der Waals surface area (Å²) in [7, 11) is 0. The van der Waals surface area contributed by atoms with E-state index in [1.165, 1.54) is 0 Å². The van der Waals surface area contributed by atoms with Crippen LogP contribution in [0.5, 0.6) is 5.75 Å². The molecule has 0 saturated heterocycles. The maximum atomic E-state index is 12.8. The normalized spacial score (nSPS) is 13.4. The molecule has 4 rings (SSSR count). The fourth-order valence-corrected chi connectivity index (χ4v) is 4.07. The van der Waals surface area contributed by atoms with Crippen LogP contribution < -0.4 is 10.1 Å². The van der Waals surface area contributed by atoms with Crippen LogP contribution in [0.1, 0.15) is 32.6 Å². The third-order valence-corrected chi connectivity index (χ3v) is 6.29. The molecule has 6 nitrogen and oxygen atoms in total. The number of aryl methyl sites for hydroxylation is 2. The van der Waals surface area contributed by atoms with Gasteiger partial charge in [-0.2, -0.15) is 0 Å². The van der Waals surface area contributed by atoms with Gasteiger partial charge in [-0.3, -0.25) is 14.5 Å². The standard InChI is InChI=1S/C28H25ClN2O4/c1-17-15-18(2)19(3)23(16-17)35-28(34)21-9-11-22(12-10-21)30-25-24(29)26(32)31(27(25)33)14-13-20-7-5-4-6-8-20/h4-12,15-16,30H,13-14H2,1-3H3. The van der Waals surface area contributed by atoms with Gasteiger partial charge in [0.1, 0.15) is 16.5 Å². The smallest absolute Gasteiger partial charge is 0.343 e. The van der Waals surface area contributed by atoms with E-state index in [1.54, 1.807) is 24.3 Å². The lowest BCUT2D eigenvalue weighted by atomic mass is 10.1. The highest BCUT2D eigenvalue weighted by molar-refractivity contribution is 6.48. The predicted octanol–water partition coefficient (Wildman–Crippen LogP) is 5.30. The van der Waals surface area contributed by atoms with Crippen LogP contribution in [0.3, 0.4) is 0 Å².